The van der Waals surface area contributed by atoms with Crippen LogP contribution in [0.4, 0.5) is 24.7 Å². The van der Waals surface area contributed by atoms with E-state index in [0.717, 1.165) is 29.7 Å². The zero-order valence-electron chi connectivity index (χ0n) is 26.3. The summed E-state index contributed by atoms with van der Waals surface area (Å²) in [5.74, 6) is 2.56. The van der Waals surface area contributed by atoms with E-state index in [4.69, 9.17) is 26.1 Å². The molecule has 0 unspecified atom stereocenters. The van der Waals surface area contributed by atoms with E-state index < -0.39 is 11.7 Å². The molecular weight excluding hydrogens is 651 g/mol. The second-order valence-electron chi connectivity index (χ2n) is 11.0. The average Bonchev–Trinajstić information content (AvgIpc) is 3.09. The summed E-state index contributed by atoms with van der Waals surface area (Å²) < 4.78 is 50.1. The fourth-order valence-corrected chi connectivity index (χ4v) is 6.25. The molecule has 1 amide bonds. The first kappa shape index (κ1) is 34.2. The first-order chi connectivity index (χ1) is 22.5. The van der Waals surface area contributed by atoms with Gasteiger partial charge in [-0.15, -0.1) is 0 Å². The van der Waals surface area contributed by atoms with E-state index in [-0.39, 0.29) is 5.91 Å². The first-order valence-electron chi connectivity index (χ1n) is 14.9. The van der Waals surface area contributed by atoms with E-state index in [1.165, 1.54) is 17.8 Å². The van der Waals surface area contributed by atoms with Crippen LogP contribution in [0, 0.1) is 0 Å². The molecule has 248 valence electrons. The number of anilines is 2. The third-order valence-electron chi connectivity index (χ3n) is 7.91. The van der Waals surface area contributed by atoms with Gasteiger partial charge in [0.25, 0.3) is 5.91 Å². The minimum atomic E-state index is -4.39. The van der Waals surface area contributed by atoms with Gasteiger partial charge in [0.15, 0.2) is 16.7 Å². The van der Waals surface area contributed by atoms with Gasteiger partial charge in [0.2, 0.25) is 0 Å². The van der Waals surface area contributed by atoms with Crippen LogP contribution in [-0.2, 0) is 18.3 Å². The Labute approximate surface area is 281 Å². The number of aromatic nitrogens is 2. The fraction of sp³-hybridized carbons (Fsp3) is 0.324. The lowest BCUT2D eigenvalue weighted by molar-refractivity contribution is -0.137. The van der Waals surface area contributed by atoms with E-state index in [1.54, 1.807) is 43.4 Å². The summed E-state index contributed by atoms with van der Waals surface area (Å²) in [6.45, 7) is 2.44. The lowest BCUT2D eigenvalue weighted by Gasteiger charge is -2.36. The van der Waals surface area contributed by atoms with Gasteiger partial charge in [0.05, 0.1) is 19.8 Å². The average molecular weight is 686 g/mol. The van der Waals surface area contributed by atoms with Crippen molar-refractivity contribution >= 4 is 40.8 Å². The van der Waals surface area contributed by atoms with Crippen molar-refractivity contribution in [2.45, 2.75) is 23.5 Å². The first-order valence-corrected chi connectivity index (χ1v) is 16.3. The molecule has 5 rings (SSSR count). The molecule has 0 radical (unpaired) electrons. The van der Waals surface area contributed by atoms with Crippen LogP contribution in [0.5, 0.6) is 11.5 Å². The van der Waals surface area contributed by atoms with Gasteiger partial charge in [0.1, 0.15) is 11.0 Å². The molecule has 4 aromatic rings. The number of benzene rings is 3. The molecule has 0 atom stereocenters. The van der Waals surface area contributed by atoms with Gasteiger partial charge in [-0.05, 0) is 60.0 Å². The second kappa shape index (κ2) is 15.2. The number of hydrogen-bond acceptors (Lipinski definition) is 8. The van der Waals surface area contributed by atoms with Crippen molar-refractivity contribution in [1.29, 1.82) is 0 Å². The van der Waals surface area contributed by atoms with Gasteiger partial charge >= 0.3 is 6.18 Å². The lowest BCUT2D eigenvalue weighted by Crippen LogP contribution is -2.48. The van der Waals surface area contributed by atoms with E-state index in [9.17, 15) is 18.0 Å². The van der Waals surface area contributed by atoms with Crippen LogP contribution in [0.2, 0.25) is 5.15 Å². The van der Waals surface area contributed by atoms with Crippen molar-refractivity contribution in [3.63, 3.8) is 0 Å². The molecule has 0 aliphatic carbocycles. The molecule has 0 bridgehead atoms. The van der Waals surface area contributed by atoms with Gasteiger partial charge in [0, 0.05) is 62.8 Å². The van der Waals surface area contributed by atoms with Crippen LogP contribution in [0.15, 0.2) is 78.0 Å². The van der Waals surface area contributed by atoms with Crippen LogP contribution in [0.3, 0.4) is 0 Å². The molecule has 3 aromatic carbocycles. The Balaban J connectivity index is 1.13. The zero-order valence-corrected chi connectivity index (χ0v) is 27.8. The summed E-state index contributed by atoms with van der Waals surface area (Å²) in [7, 11) is 5.18. The summed E-state index contributed by atoms with van der Waals surface area (Å²) in [5, 5.41) is 0.897. The highest BCUT2D eigenvalue weighted by molar-refractivity contribution is 7.98. The molecule has 0 N–H and O–H groups in total. The second-order valence-corrected chi connectivity index (χ2v) is 12.3. The minimum Gasteiger partial charge on any atom is -0.493 e. The molecule has 1 saturated heterocycles. The molecule has 1 aromatic heterocycles. The van der Waals surface area contributed by atoms with E-state index in [1.807, 2.05) is 47.2 Å². The number of methoxy groups -OCH3 is 2. The van der Waals surface area contributed by atoms with E-state index in [2.05, 4.69) is 4.98 Å². The van der Waals surface area contributed by atoms with Crippen molar-refractivity contribution in [2.24, 2.45) is 0 Å². The highest BCUT2D eigenvalue weighted by Gasteiger charge is 2.31. The molecule has 2 heterocycles. The number of amides is 1. The Bertz CT molecular complexity index is 1680. The van der Waals surface area contributed by atoms with E-state index >= 15 is 0 Å². The fourth-order valence-electron chi connectivity index (χ4n) is 5.21. The number of hydrogen-bond donors (Lipinski definition) is 0. The number of carbonyl (C=O) groups excluding carboxylic acids is 1. The van der Waals surface area contributed by atoms with Crippen molar-refractivity contribution in [1.82, 2.24) is 14.9 Å². The Morgan fingerprint density at radius 2 is 1.62 bits per heavy atom. The highest BCUT2D eigenvalue weighted by Crippen LogP contribution is 2.32. The van der Waals surface area contributed by atoms with Gasteiger partial charge in [-0.3, -0.25) is 4.79 Å². The highest BCUT2D eigenvalue weighted by atomic mass is 35.5. The van der Waals surface area contributed by atoms with E-state index in [0.29, 0.717) is 77.4 Å². The molecule has 13 heteroatoms. The Morgan fingerprint density at radius 1 is 0.915 bits per heavy atom. The van der Waals surface area contributed by atoms with Crippen LogP contribution >= 0.6 is 23.4 Å². The van der Waals surface area contributed by atoms with Gasteiger partial charge in [-0.1, -0.05) is 47.6 Å². The normalized spacial score (nSPS) is 13.4. The maximum Gasteiger partial charge on any atom is 0.416 e. The molecule has 47 heavy (non-hydrogen) atoms. The van der Waals surface area contributed by atoms with Crippen molar-refractivity contribution in [3.05, 3.63) is 100 Å². The minimum absolute atomic E-state index is 0.105. The number of likely N-dealkylation sites (N-methyl/N-ethyl adjacent to an activating group) is 1. The lowest BCUT2D eigenvalue weighted by atomic mass is 10.1. The molecule has 1 fully saturated rings. The number of thioether (sulfide) groups is 1. The number of nitrogens with zero attached hydrogens (tertiary/aromatic N) is 5. The van der Waals surface area contributed by atoms with Crippen LogP contribution < -0.4 is 19.3 Å². The topological polar surface area (TPSA) is 71.0 Å². The molecule has 1 aliphatic rings. The van der Waals surface area contributed by atoms with Crippen molar-refractivity contribution in [3.8, 4) is 11.5 Å². The van der Waals surface area contributed by atoms with Crippen molar-refractivity contribution < 1.29 is 27.4 Å². The summed E-state index contributed by atoms with van der Waals surface area (Å²) in [5.41, 5.74) is 2.48. The van der Waals surface area contributed by atoms with Gasteiger partial charge < -0.3 is 24.2 Å². The summed E-state index contributed by atoms with van der Waals surface area (Å²) >= 11 is 7.80. The number of piperazine rings is 1. The monoisotopic (exact) mass is 685 g/mol. The van der Waals surface area contributed by atoms with Gasteiger partial charge in [-0.2, -0.15) is 13.2 Å². The maximum absolute atomic E-state index is 13.2. The Kier molecular flexibility index (Phi) is 11.0. The third kappa shape index (κ3) is 8.81. The third-order valence-corrected chi connectivity index (χ3v) is 9.02. The number of halogens is 4. The standard InChI is InChI=1S/C34H35ClF3N5O3S/c1-41(14-13-23-9-12-28(45-2)29(19-23)46-3)31-21-30(35)39-33(40-31)47-22-24-7-10-25(11-8-24)32(44)43-17-15-42(16-18-43)27-6-4-5-26(20-27)34(36,37)38/h4-12,19-21H,13-18,22H2,1-3H3. The number of rotatable bonds is 11. The Hall–Kier alpha value is -4.16. The van der Waals surface area contributed by atoms with Crippen LogP contribution in [0.25, 0.3) is 0 Å². The molecule has 8 nitrogen and oxygen atoms in total. The quantitative estimate of drug-likeness (QED) is 0.0941. The molecule has 0 spiro atoms. The number of ether oxygens (including phenoxy) is 2. The van der Waals surface area contributed by atoms with Gasteiger partial charge in [-0.25, -0.2) is 9.97 Å². The van der Waals surface area contributed by atoms with Crippen LogP contribution in [-0.4, -0.2) is 74.8 Å². The molecular formula is C34H35ClF3N5O3S. The van der Waals surface area contributed by atoms with Crippen molar-refractivity contribution in [2.75, 3.05) is 63.8 Å². The van der Waals surface area contributed by atoms with Crippen LogP contribution in [0.1, 0.15) is 27.0 Å². The SMILES string of the molecule is COc1ccc(CCN(C)c2cc(Cl)nc(SCc3ccc(C(=O)N4CCN(c5cccc(C(F)(F)F)c5)CC4)cc3)n2)cc1OC. The smallest absolute Gasteiger partial charge is 0.416 e. The Morgan fingerprint density at radius 3 is 2.30 bits per heavy atom. The summed E-state index contributed by atoms with van der Waals surface area (Å²) in [6, 6.07) is 20.3. The molecule has 1 aliphatic heterocycles. The summed E-state index contributed by atoms with van der Waals surface area (Å²) in [6.07, 6.45) is -3.63. The number of carbonyl (C=O) groups is 1. The zero-order chi connectivity index (χ0) is 33.6. The predicted molar refractivity (Wildman–Crippen MR) is 179 cm³/mol. The summed E-state index contributed by atoms with van der Waals surface area (Å²) in [4.78, 5) is 27.9. The molecule has 0 saturated carbocycles. The maximum atomic E-state index is 13.2. The number of alkyl halides is 3. The predicted octanol–water partition coefficient (Wildman–Crippen LogP) is 7.10. The largest absolute Gasteiger partial charge is 0.493 e.